The Morgan fingerprint density at radius 3 is 2.46 bits per heavy atom. The van der Waals surface area contributed by atoms with Crippen LogP contribution in [0.1, 0.15) is 6.42 Å². The van der Waals surface area contributed by atoms with E-state index in [1.807, 2.05) is 0 Å². The summed E-state index contributed by atoms with van der Waals surface area (Å²) in [5.41, 5.74) is 0.496. The van der Waals surface area contributed by atoms with Crippen molar-refractivity contribution in [1.82, 2.24) is 0 Å². The van der Waals surface area contributed by atoms with E-state index in [9.17, 15) is 9.18 Å². The molecule has 0 heterocycles. The number of hydrogen-bond acceptors (Lipinski definition) is 4. The van der Waals surface area contributed by atoms with Crippen molar-refractivity contribution < 1.29 is 18.7 Å². The molecule has 7 heteroatoms. The number of thioether (sulfide) groups is 1. The zero-order chi connectivity index (χ0) is 17.5. The molecule has 2 aromatic carbocycles. The van der Waals surface area contributed by atoms with Crippen LogP contribution in [-0.2, 0) is 4.79 Å². The number of carbonyl (C=O) groups is 1. The van der Waals surface area contributed by atoms with Crippen molar-refractivity contribution in [3.63, 3.8) is 0 Å². The normalized spacial score (nSPS) is 10.3. The van der Waals surface area contributed by atoms with Crippen LogP contribution in [0, 0.1) is 5.82 Å². The molecule has 4 nitrogen and oxygen atoms in total. The number of hydrogen-bond donors (Lipinski definition) is 1. The number of amides is 1. The average Bonchev–Trinajstić information content (AvgIpc) is 2.57. The Bertz CT molecular complexity index is 710. The van der Waals surface area contributed by atoms with Crippen molar-refractivity contribution in [1.29, 1.82) is 0 Å². The molecule has 0 aromatic heterocycles. The van der Waals surface area contributed by atoms with Crippen LogP contribution in [0.4, 0.5) is 10.1 Å². The number of nitrogens with one attached hydrogen (secondary N) is 1. The van der Waals surface area contributed by atoms with Crippen molar-refractivity contribution in [2.24, 2.45) is 0 Å². The first-order valence-electron chi connectivity index (χ1n) is 7.13. The summed E-state index contributed by atoms with van der Waals surface area (Å²) in [5.74, 6) is 1.05. The predicted molar refractivity (Wildman–Crippen MR) is 94.9 cm³/mol. The van der Waals surface area contributed by atoms with Crippen molar-refractivity contribution in [2.75, 3.05) is 25.3 Å². The third kappa shape index (κ3) is 5.04. The van der Waals surface area contributed by atoms with Crippen LogP contribution < -0.4 is 14.8 Å². The maximum Gasteiger partial charge on any atom is 0.225 e. The Balaban J connectivity index is 1.93. The maximum absolute atomic E-state index is 12.8. The van der Waals surface area contributed by atoms with E-state index in [4.69, 9.17) is 21.1 Å². The smallest absolute Gasteiger partial charge is 0.225 e. The summed E-state index contributed by atoms with van der Waals surface area (Å²) in [4.78, 5) is 13.0. The molecule has 0 aliphatic rings. The second-order valence-electron chi connectivity index (χ2n) is 4.79. The third-order valence-corrected chi connectivity index (χ3v) is 4.47. The van der Waals surface area contributed by atoms with Crippen LogP contribution in [0.3, 0.4) is 0 Å². The Morgan fingerprint density at radius 1 is 1.17 bits per heavy atom. The summed E-state index contributed by atoms with van der Waals surface area (Å²) >= 11 is 7.52. The van der Waals surface area contributed by atoms with Gasteiger partial charge in [-0.25, -0.2) is 4.39 Å². The summed E-state index contributed by atoms with van der Waals surface area (Å²) in [6.45, 7) is 0. The van der Waals surface area contributed by atoms with E-state index in [2.05, 4.69) is 5.32 Å². The maximum atomic E-state index is 12.8. The van der Waals surface area contributed by atoms with E-state index < -0.39 is 0 Å². The van der Waals surface area contributed by atoms with Crippen LogP contribution in [0.15, 0.2) is 41.3 Å². The van der Waals surface area contributed by atoms with Crippen molar-refractivity contribution in [3.8, 4) is 11.5 Å². The van der Waals surface area contributed by atoms with Crippen molar-refractivity contribution >= 4 is 35.0 Å². The molecule has 0 aliphatic heterocycles. The van der Waals surface area contributed by atoms with Gasteiger partial charge in [-0.2, -0.15) is 0 Å². The highest BCUT2D eigenvalue weighted by Gasteiger charge is 2.12. The summed E-state index contributed by atoms with van der Waals surface area (Å²) in [6, 6.07) is 9.37. The number of rotatable bonds is 7. The number of anilines is 1. The van der Waals surface area contributed by atoms with E-state index >= 15 is 0 Å². The summed E-state index contributed by atoms with van der Waals surface area (Å²) in [6.07, 6.45) is 0.302. The molecule has 0 saturated heterocycles. The van der Waals surface area contributed by atoms with Gasteiger partial charge in [0.15, 0.2) is 0 Å². The highest BCUT2D eigenvalue weighted by atomic mass is 35.5. The molecule has 2 aromatic rings. The molecule has 0 spiro atoms. The standard InChI is InChI=1S/C17H17ClFNO3S/c1-22-15-10-14(16(23-2)9-13(15)18)20-17(21)7-8-24-12-5-3-11(19)4-6-12/h3-6,9-10H,7-8H2,1-2H3,(H,20,21). The highest BCUT2D eigenvalue weighted by molar-refractivity contribution is 7.99. The van der Waals surface area contributed by atoms with Crippen molar-refractivity contribution in [2.45, 2.75) is 11.3 Å². The minimum Gasteiger partial charge on any atom is -0.495 e. The first kappa shape index (κ1) is 18.4. The van der Waals surface area contributed by atoms with Gasteiger partial charge in [-0.05, 0) is 24.3 Å². The van der Waals surface area contributed by atoms with E-state index in [0.717, 1.165) is 4.90 Å². The topological polar surface area (TPSA) is 47.6 Å². The summed E-state index contributed by atoms with van der Waals surface area (Å²) in [7, 11) is 3.00. The minimum absolute atomic E-state index is 0.160. The van der Waals surface area contributed by atoms with Crippen molar-refractivity contribution in [3.05, 3.63) is 47.2 Å². The summed E-state index contributed by atoms with van der Waals surface area (Å²) in [5, 5.41) is 3.18. The van der Waals surface area contributed by atoms with Crippen LogP contribution in [0.5, 0.6) is 11.5 Å². The number of benzene rings is 2. The Kier molecular flexibility index (Phi) is 6.75. The van der Waals surface area contributed by atoms with Gasteiger partial charge >= 0.3 is 0 Å². The lowest BCUT2D eigenvalue weighted by Crippen LogP contribution is -2.13. The zero-order valence-corrected chi connectivity index (χ0v) is 14.8. The number of halogens is 2. The van der Waals surface area contributed by atoms with Gasteiger partial charge in [0.05, 0.1) is 24.9 Å². The van der Waals surface area contributed by atoms with Gasteiger partial charge in [-0.1, -0.05) is 11.6 Å². The molecule has 1 N–H and O–H groups in total. The molecule has 0 unspecified atom stereocenters. The van der Waals surface area contributed by atoms with Crippen LogP contribution in [-0.4, -0.2) is 25.9 Å². The van der Waals surface area contributed by atoms with Crippen LogP contribution >= 0.6 is 23.4 Å². The van der Waals surface area contributed by atoms with Gasteiger partial charge in [0.1, 0.15) is 17.3 Å². The lowest BCUT2D eigenvalue weighted by atomic mass is 10.2. The molecule has 1 amide bonds. The fourth-order valence-corrected chi connectivity index (χ4v) is 3.05. The van der Waals surface area contributed by atoms with Gasteiger partial charge in [0.2, 0.25) is 5.91 Å². The second-order valence-corrected chi connectivity index (χ2v) is 6.36. The van der Waals surface area contributed by atoms with E-state index in [1.165, 1.54) is 38.1 Å². The predicted octanol–water partition coefficient (Wildman–Crippen LogP) is 4.62. The van der Waals surface area contributed by atoms with Crippen LogP contribution in [0.2, 0.25) is 5.02 Å². The van der Waals surface area contributed by atoms with Crippen LogP contribution in [0.25, 0.3) is 0 Å². The SMILES string of the molecule is COc1cc(NC(=O)CCSc2ccc(F)cc2)c(OC)cc1Cl. The molecule has 2 rings (SSSR count). The third-order valence-electron chi connectivity index (χ3n) is 3.16. The van der Waals surface area contributed by atoms with E-state index in [-0.39, 0.29) is 11.7 Å². The summed E-state index contributed by atoms with van der Waals surface area (Å²) < 4.78 is 23.2. The molecular weight excluding hydrogens is 353 g/mol. The molecule has 0 radical (unpaired) electrons. The monoisotopic (exact) mass is 369 g/mol. The minimum atomic E-state index is -0.277. The van der Waals surface area contributed by atoms with E-state index in [1.54, 1.807) is 24.3 Å². The van der Waals surface area contributed by atoms with Gasteiger partial charge in [0.25, 0.3) is 0 Å². The van der Waals surface area contributed by atoms with Gasteiger partial charge in [0, 0.05) is 29.2 Å². The molecule has 0 fully saturated rings. The first-order chi connectivity index (χ1) is 11.5. The highest BCUT2D eigenvalue weighted by Crippen LogP contribution is 2.36. The lowest BCUT2D eigenvalue weighted by Gasteiger charge is -2.13. The molecule has 0 aliphatic carbocycles. The largest absolute Gasteiger partial charge is 0.495 e. The Labute approximate surface area is 149 Å². The lowest BCUT2D eigenvalue weighted by molar-refractivity contribution is -0.115. The zero-order valence-electron chi connectivity index (χ0n) is 13.3. The molecule has 128 valence electrons. The fraction of sp³-hybridized carbons (Fsp3) is 0.235. The molecule has 0 bridgehead atoms. The number of methoxy groups -OCH3 is 2. The molecular formula is C17H17ClFNO3S. The Hall–Kier alpha value is -1.92. The second kappa shape index (κ2) is 8.80. The first-order valence-corrected chi connectivity index (χ1v) is 8.49. The van der Waals surface area contributed by atoms with E-state index in [0.29, 0.717) is 34.4 Å². The number of carbonyl (C=O) groups excluding carboxylic acids is 1. The quantitative estimate of drug-likeness (QED) is 0.723. The van der Waals surface area contributed by atoms with Gasteiger partial charge < -0.3 is 14.8 Å². The van der Waals surface area contributed by atoms with Gasteiger partial charge in [-0.3, -0.25) is 4.79 Å². The molecule has 0 saturated carbocycles. The molecule has 24 heavy (non-hydrogen) atoms. The number of ether oxygens (including phenoxy) is 2. The Morgan fingerprint density at radius 2 is 1.83 bits per heavy atom. The van der Waals surface area contributed by atoms with Gasteiger partial charge in [-0.15, -0.1) is 11.8 Å². The fourth-order valence-electron chi connectivity index (χ4n) is 1.96. The molecule has 0 atom stereocenters. The average molecular weight is 370 g/mol.